The van der Waals surface area contributed by atoms with E-state index in [0.717, 1.165) is 22.3 Å². The Hall–Kier alpha value is -3.73. The molecule has 5 nitrogen and oxygen atoms in total. The lowest BCUT2D eigenvalue weighted by Gasteiger charge is -2.12. The molecule has 2 aliphatic heterocycles. The van der Waals surface area contributed by atoms with Gasteiger partial charge in [-0.05, 0) is 29.8 Å². The second kappa shape index (κ2) is 6.21. The summed E-state index contributed by atoms with van der Waals surface area (Å²) in [7, 11) is 0. The van der Waals surface area contributed by atoms with Gasteiger partial charge in [-0.1, -0.05) is 48.5 Å². The minimum atomic E-state index is -0.122. The molecule has 0 N–H and O–H groups in total. The van der Waals surface area contributed by atoms with Crippen LogP contribution in [0.1, 0.15) is 5.56 Å². The normalized spacial score (nSPS) is 11.3. The van der Waals surface area contributed by atoms with E-state index in [-0.39, 0.29) is 5.56 Å². The van der Waals surface area contributed by atoms with Crippen molar-refractivity contribution in [2.45, 2.75) is 6.54 Å². The third kappa shape index (κ3) is 2.60. The molecule has 1 aromatic heterocycles. The van der Waals surface area contributed by atoms with Crippen molar-refractivity contribution < 1.29 is 0 Å². The Morgan fingerprint density at radius 2 is 1.59 bits per heavy atom. The van der Waals surface area contributed by atoms with Crippen LogP contribution in [0.25, 0.3) is 28.0 Å². The molecule has 0 saturated heterocycles. The number of para-hydroxylation sites is 1. The van der Waals surface area contributed by atoms with Crippen LogP contribution in [0.5, 0.6) is 0 Å². The van der Waals surface area contributed by atoms with Crippen LogP contribution < -0.4 is 5.56 Å². The molecule has 0 bridgehead atoms. The average molecular weight is 352 g/mol. The molecule has 0 atom stereocenters. The Morgan fingerprint density at radius 1 is 0.852 bits per heavy atom. The summed E-state index contributed by atoms with van der Waals surface area (Å²) in [6.07, 6.45) is 3.63. The fourth-order valence-electron chi connectivity index (χ4n) is 3.40. The van der Waals surface area contributed by atoms with Gasteiger partial charge in [0.05, 0.1) is 11.3 Å². The zero-order valence-corrected chi connectivity index (χ0v) is 14.5. The molecule has 27 heavy (non-hydrogen) atoms. The Balaban J connectivity index is 1.78. The van der Waals surface area contributed by atoms with Crippen molar-refractivity contribution in [1.82, 2.24) is 19.3 Å². The van der Waals surface area contributed by atoms with Gasteiger partial charge in [0.2, 0.25) is 0 Å². The average Bonchev–Trinajstić information content (AvgIpc) is 3.06. The van der Waals surface area contributed by atoms with Gasteiger partial charge in [-0.2, -0.15) is 9.78 Å². The van der Waals surface area contributed by atoms with Gasteiger partial charge in [0.25, 0.3) is 5.56 Å². The van der Waals surface area contributed by atoms with E-state index in [1.54, 1.807) is 6.20 Å². The lowest BCUT2D eigenvalue weighted by atomic mass is 10.1. The number of hydrogen-bond acceptors (Lipinski definition) is 3. The van der Waals surface area contributed by atoms with E-state index >= 15 is 0 Å². The van der Waals surface area contributed by atoms with E-state index in [0.29, 0.717) is 17.8 Å². The number of pyridine rings is 2. The number of rotatable bonds is 3. The Labute approximate surface area is 155 Å². The van der Waals surface area contributed by atoms with Crippen LogP contribution in [0.3, 0.4) is 0 Å². The molecule has 0 radical (unpaired) electrons. The van der Waals surface area contributed by atoms with E-state index in [2.05, 4.69) is 22.2 Å². The van der Waals surface area contributed by atoms with E-state index in [9.17, 15) is 4.79 Å². The summed E-state index contributed by atoms with van der Waals surface area (Å²) < 4.78 is 3.48. The minimum absolute atomic E-state index is 0.122. The summed E-state index contributed by atoms with van der Waals surface area (Å²) in [5.41, 5.74) is 3.86. The van der Waals surface area contributed by atoms with Gasteiger partial charge < -0.3 is 4.57 Å². The van der Waals surface area contributed by atoms with Crippen molar-refractivity contribution in [2.75, 3.05) is 0 Å². The van der Waals surface area contributed by atoms with Gasteiger partial charge in [-0.25, -0.2) is 4.98 Å². The largest absolute Gasteiger partial charge is 0.327 e. The highest BCUT2D eigenvalue weighted by molar-refractivity contribution is 5.91. The lowest BCUT2D eigenvalue weighted by Crippen LogP contribution is -2.15. The van der Waals surface area contributed by atoms with Crippen LogP contribution in [0, 0.1) is 0 Å². The Kier molecular flexibility index (Phi) is 3.57. The quantitative estimate of drug-likeness (QED) is 0.497. The van der Waals surface area contributed by atoms with Crippen molar-refractivity contribution in [2.24, 2.45) is 0 Å². The van der Waals surface area contributed by atoms with Gasteiger partial charge in [-0.15, -0.1) is 0 Å². The topological polar surface area (TPSA) is 52.7 Å². The summed E-state index contributed by atoms with van der Waals surface area (Å²) in [6.45, 7) is 0.639. The first-order valence-corrected chi connectivity index (χ1v) is 8.77. The summed E-state index contributed by atoms with van der Waals surface area (Å²) in [5.74, 6) is 0. The van der Waals surface area contributed by atoms with Crippen molar-refractivity contribution in [3.05, 3.63) is 101 Å². The first kappa shape index (κ1) is 15.5. The molecule has 0 spiro atoms. The predicted molar refractivity (Wildman–Crippen MR) is 105 cm³/mol. The number of hydrogen-bond donors (Lipinski definition) is 0. The van der Waals surface area contributed by atoms with E-state index in [1.807, 2.05) is 71.4 Å². The molecular formula is C22H16N4O. The molecule has 2 aliphatic rings. The fourth-order valence-corrected chi connectivity index (χ4v) is 3.40. The summed E-state index contributed by atoms with van der Waals surface area (Å²) in [5, 5.41) is 5.48. The van der Waals surface area contributed by atoms with E-state index in [1.165, 1.54) is 4.68 Å². The molecule has 0 amide bonds. The van der Waals surface area contributed by atoms with Crippen molar-refractivity contribution >= 4 is 11.0 Å². The first-order chi connectivity index (χ1) is 13.3. The highest BCUT2D eigenvalue weighted by atomic mass is 16.1. The van der Waals surface area contributed by atoms with Gasteiger partial charge in [0.15, 0.2) is 0 Å². The van der Waals surface area contributed by atoms with Gasteiger partial charge in [-0.3, -0.25) is 4.79 Å². The van der Waals surface area contributed by atoms with Crippen LogP contribution in [0.4, 0.5) is 0 Å². The molecule has 0 saturated carbocycles. The lowest BCUT2D eigenvalue weighted by molar-refractivity contribution is 0.815. The number of nitrogens with zero attached hydrogens (tertiary/aromatic N) is 4. The summed E-state index contributed by atoms with van der Waals surface area (Å²) in [6, 6.07) is 23.5. The molecule has 130 valence electrons. The predicted octanol–water partition coefficient (Wildman–Crippen LogP) is 3.74. The second-order valence-corrected chi connectivity index (χ2v) is 6.43. The monoisotopic (exact) mass is 352 g/mol. The Bertz CT molecular complexity index is 1260. The Morgan fingerprint density at radius 3 is 2.37 bits per heavy atom. The minimum Gasteiger partial charge on any atom is -0.327 e. The first-order valence-electron chi connectivity index (χ1n) is 8.77. The molecule has 5 rings (SSSR count). The van der Waals surface area contributed by atoms with E-state index < -0.39 is 0 Å². The van der Waals surface area contributed by atoms with Crippen molar-refractivity contribution in [3.8, 4) is 16.9 Å². The zero-order chi connectivity index (χ0) is 18.2. The highest BCUT2D eigenvalue weighted by Gasteiger charge is 2.21. The van der Waals surface area contributed by atoms with E-state index in [4.69, 9.17) is 0 Å². The van der Waals surface area contributed by atoms with Crippen LogP contribution in [-0.4, -0.2) is 19.3 Å². The maximum absolute atomic E-state index is 13.0. The molecule has 3 aromatic rings. The maximum Gasteiger partial charge on any atom is 0.282 e. The van der Waals surface area contributed by atoms with Crippen molar-refractivity contribution in [1.29, 1.82) is 0 Å². The van der Waals surface area contributed by atoms with Crippen molar-refractivity contribution in [3.63, 3.8) is 0 Å². The molecular weight excluding hydrogens is 336 g/mol. The van der Waals surface area contributed by atoms with Gasteiger partial charge in [0, 0.05) is 24.3 Å². The van der Waals surface area contributed by atoms with Crippen LogP contribution >= 0.6 is 0 Å². The van der Waals surface area contributed by atoms with Crippen LogP contribution in [-0.2, 0) is 6.54 Å². The van der Waals surface area contributed by atoms with Gasteiger partial charge >= 0.3 is 0 Å². The molecule has 5 heteroatoms. The molecule has 3 heterocycles. The van der Waals surface area contributed by atoms with Gasteiger partial charge in [0.1, 0.15) is 11.3 Å². The fraction of sp³-hybridized carbons (Fsp3) is 0.0455. The number of benzene rings is 2. The third-order valence-corrected chi connectivity index (χ3v) is 4.67. The summed E-state index contributed by atoms with van der Waals surface area (Å²) >= 11 is 0. The zero-order valence-electron chi connectivity index (χ0n) is 14.5. The molecule has 2 aromatic carbocycles. The standard InChI is InChI=1S/C22H16N4O/c27-22-19-15-25(14-16-8-3-1-4-9-16)21-18(12-7-13-23-21)20(19)24-26(22)17-10-5-2-6-11-17/h1-13,15H,14H2. The van der Waals surface area contributed by atoms with Crippen LogP contribution in [0.2, 0.25) is 0 Å². The summed E-state index contributed by atoms with van der Waals surface area (Å²) in [4.78, 5) is 17.6. The van der Waals surface area contributed by atoms with Crippen LogP contribution in [0.15, 0.2) is 90.0 Å². The molecule has 0 unspecified atom stereocenters. The third-order valence-electron chi connectivity index (χ3n) is 4.67. The second-order valence-electron chi connectivity index (χ2n) is 6.43. The highest BCUT2D eigenvalue weighted by Crippen LogP contribution is 2.27. The molecule has 0 fully saturated rings. The maximum atomic E-state index is 13.0. The number of fused-ring (bicyclic) bond motifs is 3. The molecule has 0 aliphatic carbocycles. The SMILES string of the molecule is O=c1c2cn(Cc3ccccc3)c3ncccc3c-2nn1-c1ccccc1. The number of aromatic nitrogens is 4. The smallest absolute Gasteiger partial charge is 0.282 e.